The van der Waals surface area contributed by atoms with Gasteiger partial charge < -0.3 is 0 Å². The minimum absolute atomic E-state index is 0.782. The zero-order valence-corrected chi connectivity index (χ0v) is 13.9. The molecular weight excluding hydrogens is 296 g/mol. The molecule has 0 unspecified atom stereocenters. The highest BCUT2D eigenvalue weighted by molar-refractivity contribution is 5.61. The third kappa shape index (κ3) is 5.52. The average Bonchev–Trinajstić information content (AvgIpc) is 2.65. The summed E-state index contributed by atoms with van der Waals surface area (Å²) in [6.07, 6.45) is 0. The summed E-state index contributed by atoms with van der Waals surface area (Å²) in [7, 11) is 1.65. The summed E-state index contributed by atoms with van der Waals surface area (Å²) in [6, 6.07) is 31.1. The van der Waals surface area contributed by atoms with Crippen LogP contribution in [-0.4, -0.2) is 7.05 Å². The Hall–Kier alpha value is -2.66. The van der Waals surface area contributed by atoms with Crippen LogP contribution in [-0.2, 0) is 6.54 Å². The van der Waals surface area contributed by atoms with Crippen LogP contribution in [0.3, 0.4) is 0 Å². The van der Waals surface area contributed by atoms with Gasteiger partial charge in [0.15, 0.2) is 0 Å². The molecule has 0 saturated carbocycles. The normalized spacial score (nSPS) is 9.75. The first-order valence-electron chi connectivity index (χ1n) is 7.90. The molecule has 3 aromatic rings. The number of hydrogen-bond donors (Lipinski definition) is 3. The molecule has 0 saturated heterocycles. The second kappa shape index (κ2) is 10.2. The molecular formula is C20H24N4. The lowest BCUT2D eigenvalue weighted by Gasteiger charge is -2.25. The second-order valence-corrected chi connectivity index (χ2v) is 5.12. The summed E-state index contributed by atoms with van der Waals surface area (Å²) in [6.45, 7) is 0.782. The first-order chi connectivity index (χ1) is 11.8. The Kier molecular flexibility index (Phi) is 7.50. The minimum Gasteiger partial charge on any atom is -0.277 e. The second-order valence-electron chi connectivity index (χ2n) is 5.12. The maximum atomic E-state index is 4.60. The Morgan fingerprint density at radius 3 is 1.50 bits per heavy atom. The van der Waals surface area contributed by atoms with Crippen molar-refractivity contribution in [3.8, 4) is 0 Å². The average molecular weight is 320 g/mol. The summed E-state index contributed by atoms with van der Waals surface area (Å²) >= 11 is 0. The van der Waals surface area contributed by atoms with E-state index in [0.717, 1.165) is 17.9 Å². The largest absolute Gasteiger partial charge is 0.277 e. The Morgan fingerprint density at radius 2 is 1.08 bits per heavy atom. The highest BCUT2D eigenvalue weighted by Crippen LogP contribution is 2.22. The van der Waals surface area contributed by atoms with Gasteiger partial charge in [0.1, 0.15) is 0 Å². The van der Waals surface area contributed by atoms with Gasteiger partial charge in [0.25, 0.3) is 0 Å². The number of para-hydroxylation sites is 2. The molecule has 0 aliphatic rings. The molecule has 0 aliphatic carbocycles. The van der Waals surface area contributed by atoms with Gasteiger partial charge in [-0.2, -0.15) is 0 Å². The van der Waals surface area contributed by atoms with Crippen LogP contribution in [0.4, 0.5) is 11.4 Å². The van der Waals surface area contributed by atoms with E-state index in [1.54, 1.807) is 7.05 Å². The van der Waals surface area contributed by atoms with E-state index in [-0.39, 0.29) is 0 Å². The number of benzene rings is 3. The van der Waals surface area contributed by atoms with Gasteiger partial charge in [-0.15, -0.1) is 0 Å². The highest BCUT2D eigenvalue weighted by Gasteiger charge is 2.07. The van der Waals surface area contributed by atoms with E-state index in [2.05, 4.69) is 94.5 Å². The molecule has 0 aromatic heterocycles. The molecule has 0 amide bonds. The van der Waals surface area contributed by atoms with Crippen LogP contribution < -0.4 is 21.7 Å². The van der Waals surface area contributed by atoms with E-state index in [1.165, 1.54) is 5.56 Å². The number of rotatable bonds is 5. The molecule has 0 spiro atoms. The molecule has 0 heterocycles. The fraction of sp³-hybridized carbons (Fsp3) is 0.100. The van der Waals surface area contributed by atoms with Crippen molar-refractivity contribution in [3.05, 3.63) is 96.6 Å². The van der Waals surface area contributed by atoms with Crippen molar-refractivity contribution in [2.45, 2.75) is 6.54 Å². The van der Waals surface area contributed by atoms with Gasteiger partial charge in [-0.3, -0.25) is 16.3 Å². The van der Waals surface area contributed by atoms with Crippen LogP contribution in [0, 0.1) is 0 Å². The standard InChI is InChI=1S/C19H18N2.CH6N2/c1-4-10-17(11-5-1)16-20-21(18-12-6-2-7-13-18)19-14-8-3-9-15-19;1-3-2/h1-15,20H,16H2;3H,2H2,1H3. The Balaban J connectivity index is 0.000000647. The topological polar surface area (TPSA) is 53.3 Å². The Bertz CT molecular complexity index is 632. The molecule has 4 N–H and O–H groups in total. The summed E-state index contributed by atoms with van der Waals surface area (Å²) in [5.74, 6) is 4.60. The number of nitrogens with zero attached hydrogens (tertiary/aromatic N) is 1. The van der Waals surface area contributed by atoms with Crippen molar-refractivity contribution in [1.29, 1.82) is 0 Å². The Labute approximate surface area is 143 Å². The minimum atomic E-state index is 0.782. The van der Waals surface area contributed by atoms with E-state index in [4.69, 9.17) is 0 Å². The summed E-state index contributed by atoms with van der Waals surface area (Å²) < 4.78 is 0. The molecule has 4 heteroatoms. The van der Waals surface area contributed by atoms with Gasteiger partial charge in [-0.05, 0) is 36.9 Å². The fourth-order valence-corrected chi connectivity index (χ4v) is 2.25. The molecule has 0 radical (unpaired) electrons. The molecule has 124 valence electrons. The van der Waals surface area contributed by atoms with E-state index in [9.17, 15) is 0 Å². The van der Waals surface area contributed by atoms with Crippen LogP contribution in [0.25, 0.3) is 0 Å². The third-order valence-corrected chi connectivity index (χ3v) is 3.31. The summed E-state index contributed by atoms with van der Waals surface area (Å²) in [5, 5.41) is 2.12. The molecule has 3 aromatic carbocycles. The number of hydrazine groups is 2. The molecule has 0 bridgehead atoms. The van der Waals surface area contributed by atoms with E-state index < -0.39 is 0 Å². The van der Waals surface area contributed by atoms with Gasteiger partial charge in [0, 0.05) is 6.54 Å². The van der Waals surface area contributed by atoms with Crippen LogP contribution in [0.2, 0.25) is 0 Å². The van der Waals surface area contributed by atoms with E-state index >= 15 is 0 Å². The number of hydrogen-bond acceptors (Lipinski definition) is 4. The maximum Gasteiger partial charge on any atom is 0.0577 e. The van der Waals surface area contributed by atoms with Crippen LogP contribution in [0.1, 0.15) is 5.56 Å². The van der Waals surface area contributed by atoms with E-state index in [1.807, 2.05) is 18.2 Å². The van der Waals surface area contributed by atoms with Gasteiger partial charge in [-0.1, -0.05) is 66.7 Å². The van der Waals surface area contributed by atoms with Crippen molar-refractivity contribution in [3.63, 3.8) is 0 Å². The number of anilines is 2. The highest BCUT2D eigenvalue weighted by atomic mass is 15.5. The van der Waals surface area contributed by atoms with Crippen molar-refractivity contribution < 1.29 is 0 Å². The summed E-state index contributed by atoms with van der Waals surface area (Å²) in [5.41, 5.74) is 9.26. The van der Waals surface area contributed by atoms with Crippen molar-refractivity contribution in [1.82, 2.24) is 10.9 Å². The van der Waals surface area contributed by atoms with Crippen molar-refractivity contribution in [2.24, 2.45) is 5.84 Å². The first-order valence-corrected chi connectivity index (χ1v) is 7.90. The predicted molar refractivity (Wildman–Crippen MR) is 102 cm³/mol. The quantitative estimate of drug-likeness (QED) is 0.496. The predicted octanol–water partition coefficient (Wildman–Crippen LogP) is 3.61. The zero-order valence-electron chi connectivity index (χ0n) is 13.9. The monoisotopic (exact) mass is 320 g/mol. The van der Waals surface area contributed by atoms with Gasteiger partial charge in [0.05, 0.1) is 11.4 Å². The Morgan fingerprint density at radius 1 is 0.708 bits per heavy atom. The lowest BCUT2D eigenvalue weighted by molar-refractivity contribution is 0.707. The molecule has 3 rings (SSSR count). The SMILES string of the molecule is CNN.c1ccc(CNN(c2ccccc2)c2ccccc2)cc1. The third-order valence-electron chi connectivity index (χ3n) is 3.31. The van der Waals surface area contributed by atoms with Crippen molar-refractivity contribution in [2.75, 3.05) is 12.1 Å². The van der Waals surface area contributed by atoms with Gasteiger partial charge >= 0.3 is 0 Å². The first kappa shape index (κ1) is 17.7. The summed E-state index contributed by atoms with van der Waals surface area (Å²) in [4.78, 5) is 0. The lowest BCUT2D eigenvalue weighted by atomic mass is 10.2. The zero-order chi connectivity index (χ0) is 17.0. The molecule has 0 atom stereocenters. The molecule has 0 aliphatic heterocycles. The smallest absolute Gasteiger partial charge is 0.0577 e. The van der Waals surface area contributed by atoms with Crippen LogP contribution in [0.5, 0.6) is 0 Å². The molecule has 24 heavy (non-hydrogen) atoms. The fourth-order valence-electron chi connectivity index (χ4n) is 2.25. The van der Waals surface area contributed by atoms with Gasteiger partial charge in [0.2, 0.25) is 0 Å². The lowest BCUT2D eigenvalue weighted by Crippen LogP contribution is -2.33. The van der Waals surface area contributed by atoms with Crippen molar-refractivity contribution >= 4 is 11.4 Å². The van der Waals surface area contributed by atoms with Crippen LogP contribution in [0.15, 0.2) is 91.0 Å². The molecule has 0 fully saturated rings. The number of nitrogens with two attached hydrogens (primary N) is 1. The van der Waals surface area contributed by atoms with E-state index in [0.29, 0.717) is 0 Å². The van der Waals surface area contributed by atoms with Crippen LogP contribution >= 0.6 is 0 Å². The maximum absolute atomic E-state index is 4.60. The molecule has 4 nitrogen and oxygen atoms in total. The van der Waals surface area contributed by atoms with Gasteiger partial charge in [-0.25, -0.2) is 5.43 Å². The number of nitrogens with one attached hydrogen (secondary N) is 2.